The van der Waals surface area contributed by atoms with Crippen LogP contribution in [0.4, 0.5) is 5.69 Å². The first-order valence-electron chi connectivity index (χ1n) is 9.37. The van der Waals surface area contributed by atoms with E-state index >= 15 is 0 Å². The third kappa shape index (κ3) is 5.25. The number of cyclic esters (lactones) is 1. The number of non-ortho nitro benzene ring substituents is 1. The lowest BCUT2D eigenvalue weighted by atomic mass is 10.1. The number of nitro groups is 1. The predicted molar refractivity (Wildman–Crippen MR) is 125 cm³/mol. The molecule has 11 heteroatoms. The Balaban J connectivity index is 1.97. The molecule has 0 bridgehead atoms. The zero-order valence-corrected chi connectivity index (χ0v) is 19.8. The maximum Gasteiger partial charge on any atom is 0.363 e. The highest BCUT2D eigenvalue weighted by Crippen LogP contribution is 2.36. The first-order valence-corrected chi connectivity index (χ1v) is 10.8. The van der Waals surface area contributed by atoms with Crippen molar-refractivity contribution in [3.8, 4) is 11.5 Å². The second-order valence-electron chi connectivity index (χ2n) is 6.35. The summed E-state index contributed by atoms with van der Waals surface area (Å²) in [7, 11) is 0. The lowest BCUT2D eigenvalue weighted by molar-refractivity contribution is -0.384. The zero-order chi connectivity index (χ0) is 23.4. The van der Waals surface area contributed by atoms with Crippen LogP contribution in [0, 0.1) is 13.7 Å². The SMILES string of the molecule is CCOc1cc(/C=C2\N=C(c3ccc([N+](=O)[O-])cc3Cl)OC2=O)cc(I)c1OC(=O)CC. The maximum atomic E-state index is 12.3. The molecular formula is C21H16ClIN2O7. The molecule has 0 atom stereocenters. The molecule has 0 aliphatic carbocycles. The summed E-state index contributed by atoms with van der Waals surface area (Å²) in [6.45, 7) is 3.82. The van der Waals surface area contributed by atoms with Crippen LogP contribution >= 0.6 is 34.2 Å². The predicted octanol–water partition coefficient (Wildman–Crippen LogP) is 4.91. The van der Waals surface area contributed by atoms with Gasteiger partial charge >= 0.3 is 11.9 Å². The molecule has 2 aromatic rings. The Labute approximate surface area is 201 Å². The summed E-state index contributed by atoms with van der Waals surface area (Å²) in [6, 6.07) is 7.08. The van der Waals surface area contributed by atoms with Crippen LogP contribution in [0.2, 0.25) is 5.02 Å². The van der Waals surface area contributed by atoms with Gasteiger partial charge in [0.1, 0.15) is 0 Å². The molecule has 0 unspecified atom stereocenters. The summed E-state index contributed by atoms with van der Waals surface area (Å²) in [5, 5.41) is 10.9. The van der Waals surface area contributed by atoms with Gasteiger partial charge in [-0.3, -0.25) is 14.9 Å². The minimum Gasteiger partial charge on any atom is -0.490 e. The van der Waals surface area contributed by atoms with E-state index in [1.165, 1.54) is 18.2 Å². The van der Waals surface area contributed by atoms with Gasteiger partial charge in [0.15, 0.2) is 17.2 Å². The van der Waals surface area contributed by atoms with Gasteiger partial charge in [0, 0.05) is 18.6 Å². The lowest BCUT2D eigenvalue weighted by Crippen LogP contribution is -2.09. The molecule has 2 aromatic carbocycles. The van der Waals surface area contributed by atoms with E-state index in [9.17, 15) is 19.7 Å². The standard InChI is InChI=1S/C21H16ClIN2O7/c1-3-18(26)31-19-15(23)7-11(9-17(19)30-4-2)8-16-21(27)32-20(24-16)13-6-5-12(25(28)29)10-14(13)22/h5-10H,3-4H2,1-2H3/b16-8-. The van der Waals surface area contributed by atoms with E-state index in [2.05, 4.69) is 4.99 Å². The second kappa shape index (κ2) is 10.1. The minimum absolute atomic E-state index is 0.00553. The van der Waals surface area contributed by atoms with Crippen molar-refractivity contribution < 1.29 is 28.7 Å². The number of aliphatic imine (C=N–C) groups is 1. The summed E-state index contributed by atoms with van der Waals surface area (Å²) >= 11 is 8.11. The average Bonchev–Trinajstić information content (AvgIpc) is 3.10. The fraction of sp³-hybridized carbons (Fsp3) is 0.190. The molecule has 0 saturated carbocycles. The molecular weight excluding hydrogens is 555 g/mol. The summed E-state index contributed by atoms with van der Waals surface area (Å²) in [5.74, 6) is -0.513. The van der Waals surface area contributed by atoms with Crippen molar-refractivity contribution in [1.29, 1.82) is 0 Å². The fourth-order valence-corrected chi connectivity index (χ4v) is 3.68. The Morgan fingerprint density at radius 3 is 2.69 bits per heavy atom. The van der Waals surface area contributed by atoms with Crippen molar-refractivity contribution in [3.63, 3.8) is 0 Å². The summed E-state index contributed by atoms with van der Waals surface area (Å²) in [4.78, 5) is 38.5. The van der Waals surface area contributed by atoms with E-state index in [1.807, 2.05) is 22.6 Å². The number of hydrogen-bond donors (Lipinski definition) is 0. The van der Waals surface area contributed by atoms with Crippen LogP contribution in [0.1, 0.15) is 31.4 Å². The molecule has 0 N–H and O–H groups in total. The van der Waals surface area contributed by atoms with Crippen molar-refractivity contribution in [2.75, 3.05) is 6.61 Å². The van der Waals surface area contributed by atoms with Gasteiger partial charge in [0.2, 0.25) is 5.90 Å². The molecule has 0 fully saturated rings. The normalized spacial score (nSPS) is 14.2. The molecule has 1 aliphatic heterocycles. The number of benzene rings is 2. The van der Waals surface area contributed by atoms with E-state index in [0.717, 1.165) is 6.07 Å². The molecule has 166 valence electrons. The molecule has 1 heterocycles. The molecule has 0 radical (unpaired) electrons. The van der Waals surface area contributed by atoms with Crippen LogP contribution in [0.15, 0.2) is 41.0 Å². The number of carbonyl (C=O) groups is 2. The second-order valence-corrected chi connectivity index (χ2v) is 7.92. The molecule has 1 aliphatic rings. The molecule has 0 spiro atoms. The van der Waals surface area contributed by atoms with Crippen molar-refractivity contribution in [1.82, 2.24) is 0 Å². The Hall–Kier alpha value is -2.99. The number of rotatable bonds is 7. The van der Waals surface area contributed by atoms with Crippen LogP contribution < -0.4 is 9.47 Å². The largest absolute Gasteiger partial charge is 0.490 e. The van der Waals surface area contributed by atoms with Crippen LogP contribution in [0.3, 0.4) is 0 Å². The van der Waals surface area contributed by atoms with Gasteiger partial charge in [-0.2, -0.15) is 0 Å². The topological polar surface area (TPSA) is 117 Å². The van der Waals surface area contributed by atoms with Gasteiger partial charge in [-0.05, 0) is 59.4 Å². The van der Waals surface area contributed by atoms with Gasteiger partial charge in [-0.1, -0.05) is 18.5 Å². The first kappa shape index (κ1) is 23.7. The minimum atomic E-state index is -0.705. The zero-order valence-electron chi connectivity index (χ0n) is 16.9. The average molecular weight is 571 g/mol. The van der Waals surface area contributed by atoms with E-state index in [1.54, 1.807) is 26.0 Å². The number of esters is 2. The number of ether oxygens (including phenoxy) is 3. The van der Waals surface area contributed by atoms with E-state index in [4.69, 9.17) is 25.8 Å². The first-order chi connectivity index (χ1) is 15.2. The van der Waals surface area contributed by atoms with E-state index in [-0.39, 0.29) is 34.3 Å². The van der Waals surface area contributed by atoms with Gasteiger partial charge in [-0.25, -0.2) is 9.79 Å². The van der Waals surface area contributed by atoms with Gasteiger partial charge in [0.05, 0.1) is 25.7 Å². The summed E-state index contributed by atoms with van der Waals surface area (Å²) < 4.78 is 16.8. The smallest absolute Gasteiger partial charge is 0.363 e. The fourth-order valence-electron chi connectivity index (χ4n) is 2.69. The third-order valence-electron chi connectivity index (χ3n) is 4.15. The molecule has 0 aromatic heterocycles. The Bertz CT molecular complexity index is 1180. The molecule has 0 amide bonds. The Morgan fingerprint density at radius 1 is 1.31 bits per heavy atom. The maximum absolute atomic E-state index is 12.3. The summed E-state index contributed by atoms with van der Waals surface area (Å²) in [6.07, 6.45) is 1.70. The number of carbonyl (C=O) groups excluding carboxylic acids is 2. The van der Waals surface area contributed by atoms with Crippen LogP contribution in [-0.4, -0.2) is 29.4 Å². The molecule has 9 nitrogen and oxygen atoms in total. The van der Waals surface area contributed by atoms with Crippen LogP contribution in [-0.2, 0) is 14.3 Å². The van der Waals surface area contributed by atoms with Gasteiger partial charge in [0.25, 0.3) is 5.69 Å². The number of hydrogen-bond acceptors (Lipinski definition) is 8. The molecule has 3 rings (SSSR count). The number of nitrogens with zero attached hydrogens (tertiary/aromatic N) is 2. The number of halogens is 2. The van der Waals surface area contributed by atoms with Crippen molar-refractivity contribution in [3.05, 3.63) is 65.9 Å². The monoisotopic (exact) mass is 570 g/mol. The quantitative estimate of drug-likeness (QED) is 0.116. The van der Waals surface area contributed by atoms with Crippen molar-refractivity contribution in [2.24, 2.45) is 4.99 Å². The Kier molecular flexibility index (Phi) is 7.46. The van der Waals surface area contributed by atoms with Gasteiger partial charge < -0.3 is 14.2 Å². The summed E-state index contributed by atoms with van der Waals surface area (Å²) in [5.41, 5.74) is 0.633. The number of nitro benzene ring substituents is 1. The van der Waals surface area contributed by atoms with E-state index < -0.39 is 16.9 Å². The van der Waals surface area contributed by atoms with Crippen LogP contribution in [0.25, 0.3) is 6.08 Å². The Morgan fingerprint density at radius 2 is 2.06 bits per heavy atom. The van der Waals surface area contributed by atoms with E-state index in [0.29, 0.717) is 27.2 Å². The van der Waals surface area contributed by atoms with Crippen molar-refractivity contribution >= 4 is 63.8 Å². The third-order valence-corrected chi connectivity index (χ3v) is 5.27. The lowest BCUT2D eigenvalue weighted by Gasteiger charge is -2.13. The molecule has 0 saturated heterocycles. The highest BCUT2D eigenvalue weighted by atomic mass is 127. The van der Waals surface area contributed by atoms with Crippen LogP contribution in [0.5, 0.6) is 11.5 Å². The highest BCUT2D eigenvalue weighted by molar-refractivity contribution is 14.1. The van der Waals surface area contributed by atoms with Gasteiger partial charge in [-0.15, -0.1) is 0 Å². The highest BCUT2D eigenvalue weighted by Gasteiger charge is 2.27. The molecule has 32 heavy (non-hydrogen) atoms. The van der Waals surface area contributed by atoms with Crippen molar-refractivity contribution in [2.45, 2.75) is 20.3 Å².